The van der Waals surface area contributed by atoms with Gasteiger partial charge >= 0.3 is 6.03 Å². The molecule has 0 bridgehead atoms. The fourth-order valence-electron chi connectivity index (χ4n) is 3.27. The molecule has 27 heavy (non-hydrogen) atoms. The molecule has 0 unspecified atom stereocenters. The van der Waals surface area contributed by atoms with Crippen LogP contribution in [0, 0.1) is 0 Å². The van der Waals surface area contributed by atoms with Crippen LogP contribution in [0.4, 0.5) is 10.5 Å². The number of benzene rings is 2. The Kier molecular flexibility index (Phi) is 4.82. The van der Waals surface area contributed by atoms with Crippen molar-refractivity contribution in [1.29, 1.82) is 0 Å². The molecule has 2 heterocycles. The molecule has 7 nitrogen and oxygen atoms in total. The van der Waals surface area contributed by atoms with Crippen molar-refractivity contribution in [3.63, 3.8) is 0 Å². The van der Waals surface area contributed by atoms with Gasteiger partial charge in [0.25, 0.3) is 0 Å². The number of carbonyl (C=O) groups excluding carboxylic acids is 2. The zero-order chi connectivity index (χ0) is 18.6. The Bertz CT molecular complexity index is 827. The molecule has 2 aliphatic rings. The maximum absolute atomic E-state index is 12.2. The van der Waals surface area contributed by atoms with Gasteiger partial charge in [-0.25, -0.2) is 4.79 Å². The lowest BCUT2D eigenvalue weighted by Crippen LogP contribution is -2.47. The molecule has 2 atom stereocenters. The van der Waals surface area contributed by atoms with Crippen LogP contribution < -0.4 is 25.0 Å². The van der Waals surface area contributed by atoms with E-state index < -0.39 is 0 Å². The van der Waals surface area contributed by atoms with E-state index in [-0.39, 0.29) is 24.1 Å². The van der Waals surface area contributed by atoms with Gasteiger partial charge in [-0.1, -0.05) is 30.3 Å². The molecule has 0 radical (unpaired) electrons. The highest BCUT2D eigenvalue weighted by Gasteiger charge is 2.31. The molecule has 140 valence electrons. The average Bonchev–Trinajstić information content (AvgIpc) is 3.07. The van der Waals surface area contributed by atoms with Crippen LogP contribution in [0.1, 0.15) is 6.42 Å². The van der Waals surface area contributed by atoms with E-state index >= 15 is 0 Å². The van der Waals surface area contributed by atoms with Crippen molar-refractivity contribution in [3.8, 4) is 11.5 Å². The SMILES string of the molecule is O=C(NC[C@H]1COc2ccccc2O1)N[C@H]1CC(=O)N(c2ccccc2)C1. The quantitative estimate of drug-likeness (QED) is 0.865. The molecule has 2 aromatic carbocycles. The smallest absolute Gasteiger partial charge is 0.315 e. The van der Waals surface area contributed by atoms with Gasteiger partial charge in [0.05, 0.1) is 12.6 Å². The summed E-state index contributed by atoms with van der Waals surface area (Å²) in [6, 6.07) is 16.4. The number of nitrogens with zero attached hydrogens (tertiary/aromatic N) is 1. The summed E-state index contributed by atoms with van der Waals surface area (Å²) in [7, 11) is 0. The summed E-state index contributed by atoms with van der Waals surface area (Å²) < 4.78 is 11.4. The molecule has 2 aromatic rings. The Morgan fingerprint density at radius 2 is 1.81 bits per heavy atom. The van der Waals surface area contributed by atoms with E-state index in [1.165, 1.54) is 0 Å². The maximum Gasteiger partial charge on any atom is 0.315 e. The summed E-state index contributed by atoms with van der Waals surface area (Å²) in [6.45, 7) is 1.16. The van der Waals surface area contributed by atoms with E-state index in [1.54, 1.807) is 4.90 Å². The summed E-state index contributed by atoms with van der Waals surface area (Å²) in [6.07, 6.45) is 0.0373. The van der Waals surface area contributed by atoms with Crippen LogP contribution in [0.3, 0.4) is 0 Å². The number of carbonyl (C=O) groups is 2. The molecule has 0 saturated carbocycles. The topological polar surface area (TPSA) is 79.9 Å². The number of para-hydroxylation sites is 3. The predicted octanol–water partition coefficient (Wildman–Crippen LogP) is 1.93. The van der Waals surface area contributed by atoms with Gasteiger partial charge in [-0.05, 0) is 24.3 Å². The third kappa shape index (κ3) is 3.97. The van der Waals surface area contributed by atoms with E-state index in [0.717, 1.165) is 5.69 Å². The number of rotatable bonds is 4. The van der Waals surface area contributed by atoms with Crippen LogP contribution in [-0.2, 0) is 4.79 Å². The van der Waals surface area contributed by atoms with Gasteiger partial charge in [0.15, 0.2) is 17.6 Å². The summed E-state index contributed by atoms with van der Waals surface area (Å²) in [5.41, 5.74) is 0.846. The molecule has 0 aromatic heterocycles. The van der Waals surface area contributed by atoms with Gasteiger partial charge in [-0.3, -0.25) is 4.79 Å². The van der Waals surface area contributed by atoms with Crippen LogP contribution in [0.25, 0.3) is 0 Å². The molecule has 1 fully saturated rings. The van der Waals surface area contributed by atoms with Crippen LogP contribution in [0.15, 0.2) is 54.6 Å². The van der Waals surface area contributed by atoms with Crippen molar-refractivity contribution in [1.82, 2.24) is 10.6 Å². The number of hydrogen-bond donors (Lipinski definition) is 2. The Balaban J connectivity index is 1.25. The number of anilines is 1. The van der Waals surface area contributed by atoms with Gasteiger partial charge in [0.2, 0.25) is 5.91 Å². The first kappa shape index (κ1) is 17.2. The van der Waals surface area contributed by atoms with Crippen molar-refractivity contribution in [2.75, 3.05) is 24.6 Å². The first-order valence-electron chi connectivity index (χ1n) is 8.97. The highest BCUT2D eigenvalue weighted by Crippen LogP contribution is 2.30. The number of fused-ring (bicyclic) bond motifs is 1. The second-order valence-electron chi connectivity index (χ2n) is 6.59. The van der Waals surface area contributed by atoms with Crippen LogP contribution in [-0.4, -0.2) is 43.8 Å². The molecular formula is C20H21N3O4. The Morgan fingerprint density at radius 3 is 2.63 bits per heavy atom. The lowest BCUT2D eigenvalue weighted by Gasteiger charge is -2.26. The summed E-state index contributed by atoms with van der Waals surface area (Å²) in [5, 5.41) is 5.65. The Labute approximate surface area is 157 Å². The molecule has 1 saturated heterocycles. The number of urea groups is 1. The van der Waals surface area contributed by atoms with Crippen molar-refractivity contribution in [2.24, 2.45) is 0 Å². The second kappa shape index (κ2) is 7.57. The number of amides is 3. The maximum atomic E-state index is 12.2. The summed E-state index contributed by atoms with van der Waals surface area (Å²) in [4.78, 5) is 26.1. The van der Waals surface area contributed by atoms with Crippen molar-refractivity contribution in [3.05, 3.63) is 54.6 Å². The van der Waals surface area contributed by atoms with Crippen LogP contribution >= 0.6 is 0 Å². The van der Waals surface area contributed by atoms with Gasteiger partial charge in [0.1, 0.15) is 6.61 Å². The molecular weight excluding hydrogens is 346 g/mol. The van der Waals surface area contributed by atoms with E-state index in [9.17, 15) is 9.59 Å². The molecule has 3 amide bonds. The Hall–Kier alpha value is -3.22. The normalized spacial score (nSPS) is 21.0. The second-order valence-corrected chi connectivity index (χ2v) is 6.59. The number of hydrogen-bond acceptors (Lipinski definition) is 4. The lowest BCUT2D eigenvalue weighted by atomic mass is 10.2. The number of ether oxygens (including phenoxy) is 2. The minimum Gasteiger partial charge on any atom is -0.486 e. The Morgan fingerprint density at radius 1 is 1.07 bits per heavy atom. The molecule has 2 aliphatic heterocycles. The predicted molar refractivity (Wildman–Crippen MR) is 100 cm³/mol. The average molecular weight is 367 g/mol. The van der Waals surface area contributed by atoms with E-state index in [0.29, 0.717) is 37.6 Å². The lowest BCUT2D eigenvalue weighted by molar-refractivity contribution is -0.117. The van der Waals surface area contributed by atoms with Crippen LogP contribution in [0.2, 0.25) is 0 Å². The van der Waals surface area contributed by atoms with E-state index in [1.807, 2.05) is 54.6 Å². The van der Waals surface area contributed by atoms with E-state index in [4.69, 9.17) is 9.47 Å². The van der Waals surface area contributed by atoms with Crippen molar-refractivity contribution < 1.29 is 19.1 Å². The van der Waals surface area contributed by atoms with Gasteiger partial charge in [-0.2, -0.15) is 0 Å². The third-order valence-corrected chi connectivity index (χ3v) is 4.59. The zero-order valence-electron chi connectivity index (χ0n) is 14.8. The zero-order valence-corrected chi connectivity index (χ0v) is 14.8. The number of nitrogens with one attached hydrogen (secondary N) is 2. The highest BCUT2D eigenvalue weighted by molar-refractivity contribution is 5.96. The third-order valence-electron chi connectivity index (χ3n) is 4.59. The first-order chi connectivity index (χ1) is 13.2. The van der Waals surface area contributed by atoms with Crippen molar-refractivity contribution in [2.45, 2.75) is 18.6 Å². The summed E-state index contributed by atoms with van der Waals surface area (Å²) >= 11 is 0. The van der Waals surface area contributed by atoms with E-state index in [2.05, 4.69) is 10.6 Å². The fourth-order valence-corrected chi connectivity index (χ4v) is 3.27. The molecule has 0 aliphatic carbocycles. The van der Waals surface area contributed by atoms with Gasteiger partial charge < -0.3 is 25.0 Å². The first-order valence-corrected chi connectivity index (χ1v) is 8.97. The largest absolute Gasteiger partial charge is 0.486 e. The van der Waals surface area contributed by atoms with Gasteiger partial charge in [-0.15, -0.1) is 0 Å². The fraction of sp³-hybridized carbons (Fsp3) is 0.300. The highest BCUT2D eigenvalue weighted by atomic mass is 16.6. The minimum atomic E-state index is -0.315. The molecule has 4 rings (SSSR count). The molecule has 0 spiro atoms. The minimum absolute atomic E-state index is 0.00659. The monoisotopic (exact) mass is 367 g/mol. The standard InChI is InChI=1S/C20H21N3O4/c24-19-10-14(12-23(19)15-6-2-1-3-7-15)22-20(25)21-11-16-13-26-17-8-4-5-9-18(17)27-16/h1-9,14,16H,10-13H2,(H2,21,22,25)/t14-,16-/m0/s1. The summed E-state index contributed by atoms with van der Waals surface area (Å²) in [5.74, 6) is 1.40. The molecule has 2 N–H and O–H groups in total. The van der Waals surface area contributed by atoms with Gasteiger partial charge in [0, 0.05) is 18.7 Å². The van der Waals surface area contributed by atoms with Crippen molar-refractivity contribution >= 4 is 17.6 Å². The molecule has 7 heteroatoms. The van der Waals surface area contributed by atoms with Crippen LogP contribution in [0.5, 0.6) is 11.5 Å².